The number of ether oxygens (including phenoxy) is 3. The van der Waals surface area contributed by atoms with Crippen molar-refractivity contribution in [1.29, 1.82) is 0 Å². The van der Waals surface area contributed by atoms with E-state index in [0.29, 0.717) is 28.3 Å². The zero-order chi connectivity index (χ0) is 22.2. The van der Waals surface area contributed by atoms with E-state index in [1.807, 2.05) is 13.8 Å². The molecule has 6 heteroatoms. The molecule has 0 spiro atoms. The van der Waals surface area contributed by atoms with E-state index < -0.39 is 5.97 Å². The fourth-order valence-corrected chi connectivity index (χ4v) is 2.63. The van der Waals surface area contributed by atoms with E-state index >= 15 is 0 Å². The minimum atomic E-state index is -0.444. The van der Waals surface area contributed by atoms with Crippen LogP contribution < -0.4 is 9.47 Å². The highest BCUT2D eigenvalue weighted by Crippen LogP contribution is 2.18. The molecule has 0 N–H and O–H groups in total. The molecule has 0 unspecified atom stereocenters. The molecule has 0 aliphatic heterocycles. The summed E-state index contributed by atoms with van der Waals surface area (Å²) in [7, 11) is 1.57. The van der Waals surface area contributed by atoms with Crippen molar-refractivity contribution in [1.82, 2.24) is 0 Å². The van der Waals surface area contributed by atoms with Gasteiger partial charge in [-0.05, 0) is 92.2 Å². The van der Waals surface area contributed by atoms with Crippen molar-refractivity contribution in [3.05, 3.63) is 89.5 Å². The number of hydrogen-bond acceptors (Lipinski definition) is 6. The summed E-state index contributed by atoms with van der Waals surface area (Å²) in [6.45, 7) is 3.61. The van der Waals surface area contributed by atoms with Gasteiger partial charge in [-0.25, -0.2) is 9.59 Å². The predicted octanol–water partition coefficient (Wildman–Crippen LogP) is 5.23. The van der Waals surface area contributed by atoms with Crippen LogP contribution in [0.2, 0.25) is 0 Å². The summed E-state index contributed by atoms with van der Waals surface area (Å²) >= 11 is 0. The maximum Gasteiger partial charge on any atom is 0.343 e. The molecule has 6 nitrogen and oxygen atoms in total. The summed E-state index contributed by atoms with van der Waals surface area (Å²) in [6.07, 6.45) is 1.53. The smallest absolute Gasteiger partial charge is 0.343 e. The van der Waals surface area contributed by atoms with Gasteiger partial charge in [-0.15, -0.1) is 0 Å². The SMILES string of the molecule is COc1ccc(C(=O)Oc2ccc(C=Nc3ccc(C(=O)OC(C)C)cc3)cc2)cc1. The molecular weight excluding hydrogens is 394 g/mol. The minimum absolute atomic E-state index is 0.163. The van der Waals surface area contributed by atoms with Crippen molar-refractivity contribution in [2.24, 2.45) is 4.99 Å². The first-order valence-corrected chi connectivity index (χ1v) is 9.76. The van der Waals surface area contributed by atoms with E-state index in [-0.39, 0.29) is 12.1 Å². The molecule has 3 aromatic carbocycles. The van der Waals surface area contributed by atoms with Gasteiger partial charge in [0.25, 0.3) is 0 Å². The number of benzene rings is 3. The van der Waals surface area contributed by atoms with Crippen LogP contribution in [0, 0.1) is 0 Å². The second-order valence-corrected chi connectivity index (χ2v) is 6.95. The fourth-order valence-electron chi connectivity index (χ4n) is 2.63. The molecule has 158 valence electrons. The third-order valence-corrected chi connectivity index (χ3v) is 4.22. The Kier molecular flexibility index (Phi) is 7.17. The molecule has 0 fully saturated rings. The van der Waals surface area contributed by atoms with Gasteiger partial charge in [-0.2, -0.15) is 0 Å². The van der Waals surface area contributed by atoms with Crippen molar-refractivity contribution in [3.8, 4) is 11.5 Å². The number of methoxy groups -OCH3 is 1. The Balaban J connectivity index is 1.59. The van der Waals surface area contributed by atoms with Gasteiger partial charge in [-0.3, -0.25) is 4.99 Å². The number of carbonyl (C=O) groups excluding carboxylic acids is 2. The molecule has 0 heterocycles. The van der Waals surface area contributed by atoms with Gasteiger partial charge in [0.1, 0.15) is 11.5 Å². The van der Waals surface area contributed by atoms with Crippen molar-refractivity contribution in [2.75, 3.05) is 7.11 Å². The zero-order valence-electron chi connectivity index (χ0n) is 17.6. The summed E-state index contributed by atoms with van der Waals surface area (Å²) in [6, 6.07) is 20.6. The Morgan fingerprint density at radius 1 is 0.774 bits per heavy atom. The molecule has 3 aromatic rings. The van der Waals surface area contributed by atoms with Crippen LogP contribution in [0.15, 0.2) is 77.8 Å². The molecule has 0 amide bonds. The van der Waals surface area contributed by atoms with Gasteiger partial charge in [0, 0.05) is 6.21 Å². The molecule has 3 rings (SSSR count). The van der Waals surface area contributed by atoms with E-state index in [9.17, 15) is 9.59 Å². The summed E-state index contributed by atoms with van der Waals surface area (Å²) in [5.74, 6) is 0.307. The van der Waals surface area contributed by atoms with Gasteiger partial charge in [-0.1, -0.05) is 0 Å². The number of nitrogens with zero attached hydrogens (tertiary/aromatic N) is 1. The third kappa shape index (κ3) is 6.27. The second kappa shape index (κ2) is 10.2. The molecule has 0 saturated heterocycles. The largest absolute Gasteiger partial charge is 0.497 e. The van der Waals surface area contributed by atoms with E-state index in [1.165, 1.54) is 0 Å². The first-order chi connectivity index (χ1) is 14.9. The number of hydrogen-bond donors (Lipinski definition) is 0. The Hall–Kier alpha value is -3.93. The van der Waals surface area contributed by atoms with Crippen LogP contribution in [0.5, 0.6) is 11.5 Å². The Bertz CT molecular complexity index is 1050. The number of aliphatic imine (C=N–C) groups is 1. The average Bonchev–Trinajstić information content (AvgIpc) is 2.78. The lowest BCUT2D eigenvalue weighted by atomic mass is 10.2. The van der Waals surface area contributed by atoms with Gasteiger partial charge in [0.2, 0.25) is 0 Å². The Labute approximate surface area is 181 Å². The molecule has 31 heavy (non-hydrogen) atoms. The lowest BCUT2D eigenvalue weighted by molar-refractivity contribution is 0.0377. The minimum Gasteiger partial charge on any atom is -0.497 e. The van der Waals surface area contributed by atoms with Crippen LogP contribution in [-0.4, -0.2) is 31.4 Å². The summed E-state index contributed by atoms with van der Waals surface area (Å²) in [5, 5.41) is 0. The maximum absolute atomic E-state index is 12.2. The summed E-state index contributed by atoms with van der Waals surface area (Å²) < 4.78 is 15.6. The number of carbonyl (C=O) groups is 2. The Morgan fingerprint density at radius 3 is 1.90 bits per heavy atom. The molecule has 0 aliphatic carbocycles. The maximum atomic E-state index is 12.2. The first kappa shape index (κ1) is 21.8. The topological polar surface area (TPSA) is 74.2 Å². The Morgan fingerprint density at radius 2 is 1.32 bits per heavy atom. The lowest BCUT2D eigenvalue weighted by Gasteiger charge is -2.07. The van der Waals surface area contributed by atoms with E-state index in [2.05, 4.69) is 4.99 Å². The first-order valence-electron chi connectivity index (χ1n) is 9.76. The van der Waals surface area contributed by atoms with Gasteiger partial charge < -0.3 is 14.2 Å². The van der Waals surface area contributed by atoms with Gasteiger partial charge in [0.15, 0.2) is 0 Å². The van der Waals surface area contributed by atoms with E-state index in [0.717, 1.165) is 5.56 Å². The molecule has 0 saturated carbocycles. The highest BCUT2D eigenvalue weighted by atomic mass is 16.5. The van der Waals surface area contributed by atoms with Gasteiger partial charge in [0.05, 0.1) is 30.0 Å². The van der Waals surface area contributed by atoms with E-state index in [1.54, 1.807) is 86.1 Å². The van der Waals surface area contributed by atoms with Crippen molar-refractivity contribution < 1.29 is 23.8 Å². The molecule has 0 bridgehead atoms. The van der Waals surface area contributed by atoms with Crippen LogP contribution in [0.4, 0.5) is 5.69 Å². The van der Waals surface area contributed by atoms with E-state index in [4.69, 9.17) is 14.2 Å². The molecule has 0 aromatic heterocycles. The average molecular weight is 417 g/mol. The molecule has 0 radical (unpaired) electrons. The number of rotatable bonds is 7. The van der Waals surface area contributed by atoms with Crippen LogP contribution >= 0.6 is 0 Å². The highest BCUT2D eigenvalue weighted by Gasteiger charge is 2.09. The quantitative estimate of drug-likeness (QED) is 0.299. The standard InChI is InChI=1S/C25H23NO5/c1-17(2)30-24(27)19-6-10-21(11-7-19)26-16-18-4-12-23(13-5-18)31-25(28)20-8-14-22(29-3)15-9-20/h4-17H,1-3H3. The number of esters is 2. The fraction of sp³-hybridized carbons (Fsp3) is 0.160. The highest BCUT2D eigenvalue weighted by molar-refractivity contribution is 5.91. The van der Waals surface area contributed by atoms with Gasteiger partial charge >= 0.3 is 11.9 Å². The molecular formula is C25H23NO5. The lowest BCUT2D eigenvalue weighted by Crippen LogP contribution is -2.11. The van der Waals surface area contributed by atoms with Crippen LogP contribution in [0.1, 0.15) is 40.1 Å². The van der Waals surface area contributed by atoms with Crippen molar-refractivity contribution in [2.45, 2.75) is 20.0 Å². The van der Waals surface area contributed by atoms with Crippen molar-refractivity contribution >= 4 is 23.8 Å². The normalized spacial score (nSPS) is 10.8. The van der Waals surface area contributed by atoms with Crippen molar-refractivity contribution in [3.63, 3.8) is 0 Å². The zero-order valence-corrected chi connectivity index (χ0v) is 17.6. The summed E-state index contributed by atoms with van der Waals surface area (Å²) in [4.78, 5) is 28.5. The predicted molar refractivity (Wildman–Crippen MR) is 119 cm³/mol. The third-order valence-electron chi connectivity index (χ3n) is 4.22. The van der Waals surface area contributed by atoms with Crippen LogP contribution in [0.3, 0.4) is 0 Å². The summed E-state index contributed by atoms with van der Waals surface area (Å²) in [5.41, 5.74) is 2.46. The van der Waals surface area contributed by atoms with Crippen LogP contribution in [-0.2, 0) is 4.74 Å². The second-order valence-electron chi connectivity index (χ2n) is 6.95. The van der Waals surface area contributed by atoms with Crippen LogP contribution in [0.25, 0.3) is 0 Å². The monoisotopic (exact) mass is 417 g/mol. The molecule has 0 atom stereocenters. The molecule has 0 aliphatic rings.